The minimum Gasteiger partial charge on any atom is -0.465 e. The van der Waals surface area contributed by atoms with Crippen molar-refractivity contribution in [3.8, 4) is 5.75 Å². The molecular formula is C19H21F2N3O4S2. The molecule has 0 spiro atoms. The molecule has 0 aliphatic heterocycles. The molecule has 0 bridgehead atoms. The zero-order chi connectivity index (χ0) is 22.6. The molecule has 11 heteroatoms. The molecule has 2 rings (SSSR count). The number of rotatable bonds is 6. The van der Waals surface area contributed by atoms with E-state index in [0.29, 0.717) is 26.7 Å². The number of aryl methyl sites for hydroxylation is 1. The van der Waals surface area contributed by atoms with Gasteiger partial charge >= 0.3 is 12.6 Å². The van der Waals surface area contributed by atoms with Crippen LogP contribution in [0.3, 0.4) is 0 Å². The fourth-order valence-electron chi connectivity index (χ4n) is 2.57. The molecule has 1 aromatic carbocycles. The summed E-state index contributed by atoms with van der Waals surface area (Å²) in [6, 6.07) is 4.37. The van der Waals surface area contributed by atoms with Crippen molar-refractivity contribution in [1.82, 2.24) is 4.90 Å². The number of thiocarbonyl (C=S) groups is 1. The highest BCUT2D eigenvalue weighted by molar-refractivity contribution is 7.80. The van der Waals surface area contributed by atoms with E-state index in [1.165, 1.54) is 24.1 Å². The smallest absolute Gasteiger partial charge is 0.387 e. The summed E-state index contributed by atoms with van der Waals surface area (Å²) in [6.07, 6.45) is 0. The number of amides is 1. The fraction of sp³-hybridized carbons (Fsp3) is 0.316. The van der Waals surface area contributed by atoms with Crippen molar-refractivity contribution in [2.45, 2.75) is 20.5 Å². The van der Waals surface area contributed by atoms with Crippen LogP contribution in [0.1, 0.15) is 31.2 Å². The minimum atomic E-state index is -2.91. The second-order valence-electron chi connectivity index (χ2n) is 6.39. The topological polar surface area (TPSA) is 79.9 Å². The van der Waals surface area contributed by atoms with Crippen molar-refractivity contribution in [2.24, 2.45) is 0 Å². The largest absolute Gasteiger partial charge is 0.465 e. The Morgan fingerprint density at radius 2 is 1.87 bits per heavy atom. The van der Waals surface area contributed by atoms with Gasteiger partial charge in [0.2, 0.25) is 0 Å². The number of hydrogen-bond donors (Lipinski definition) is 2. The van der Waals surface area contributed by atoms with E-state index in [-0.39, 0.29) is 22.3 Å². The Labute approximate surface area is 182 Å². The molecule has 2 N–H and O–H groups in total. The van der Waals surface area contributed by atoms with Crippen molar-refractivity contribution in [3.05, 3.63) is 39.8 Å². The third-order valence-electron chi connectivity index (χ3n) is 4.04. The third kappa shape index (κ3) is 5.42. The zero-order valence-corrected chi connectivity index (χ0v) is 18.6. The molecule has 0 atom stereocenters. The first-order valence-electron chi connectivity index (χ1n) is 8.62. The first-order chi connectivity index (χ1) is 14.0. The molecule has 1 amide bonds. The predicted molar refractivity (Wildman–Crippen MR) is 116 cm³/mol. The average molecular weight is 458 g/mol. The van der Waals surface area contributed by atoms with Gasteiger partial charge in [0.25, 0.3) is 5.91 Å². The Bertz CT molecular complexity index is 977. The van der Waals surface area contributed by atoms with E-state index < -0.39 is 12.6 Å². The van der Waals surface area contributed by atoms with Gasteiger partial charge in [-0.25, -0.2) is 4.79 Å². The van der Waals surface area contributed by atoms with Crippen LogP contribution in [0.2, 0.25) is 0 Å². The van der Waals surface area contributed by atoms with E-state index >= 15 is 0 Å². The monoisotopic (exact) mass is 457 g/mol. The summed E-state index contributed by atoms with van der Waals surface area (Å²) >= 11 is 6.40. The Balaban J connectivity index is 2.27. The SMILES string of the molecule is COC(=O)c1c(NC(=S)Nc2ccc(OC(F)F)cc2C)sc(C(=O)N(C)C)c1C. The second-order valence-corrected chi connectivity index (χ2v) is 7.81. The Morgan fingerprint density at radius 3 is 2.40 bits per heavy atom. The van der Waals surface area contributed by atoms with Crippen molar-refractivity contribution < 1.29 is 27.8 Å². The fourth-order valence-corrected chi connectivity index (χ4v) is 4.06. The number of carbonyl (C=O) groups is 2. The number of hydrogen-bond acceptors (Lipinski definition) is 6. The quantitative estimate of drug-likeness (QED) is 0.496. The van der Waals surface area contributed by atoms with Crippen LogP contribution in [0, 0.1) is 13.8 Å². The molecule has 0 aliphatic rings. The number of esters is 1. The van der Waals surface area contributed by atoms with Crippen LogP contribution < -0.4 is 15.4 Å². The van der Waals surface area contributed by atoms with E-state index in [1.807, 2.05) is 0 Å². The molecule has 30 heavy (non-hydrogen) atoms. The number of nitrogens with one attached hydrogen (secondary N) is 2. The highest BCUT2D eigenvalue weighted by Gasteiger charge is 2.26. The molecule has 2 aromatic rings. The number of methoxy groups -OCH3 is 1. The van der Waals surface area contributed by atoms with Crippen molar-refractivity contribution in [1.29, 1.82) is 0 Å². The lowest BCUT2D eigenvalue weighted by atomic mass is 10.1. The van der Waals surface area contributed by atoms with Crippen LogP contribution in [0.25, 0.3) is 0 Å². The van der Waals surface area contributed by atoms with Crippen molar-refractivity contribution in [3.63, 3.8) is 0 Å². The first kappa shape index (κ1) is 23.5. The van der Waals surface area contributed by atoms with Gasteiger partial charge in [0.1, 0.15) is 10.8 Å². The minimum absolute atomic E-state index is 0.0284. The summed E-state index contributed by atoms with van der Waals surface area (Å²) in [5.41, 5.74) is 1.89. The number of nitrogens with zero attached hydrogens (tertiary/aromatic N) is 1. The summed E-state index contributed by atoms with van der Waals surface area (Å²) in [5, 5.41) is 6.37. The maximum Gasteiger partial charge on any atom is 0.387 e. The van der Waals surface area contributed by atoms with Crippen molar-refractivity contribution in [2.75, 3.05) is 31.8 Å². The van der Waals surface area contributed by atoms with Crippen LogP contribution >= 0.6 is 23.6 Å². The lowest BCUT2D eigenvalue weighted by Gasteiger charge is -2.14. The van der Waals surface area contributed by atoms with Gasteiger partial charge in [0.05, 0.1) is 17.6 Å². The van der Waals surface area contributed by atoms with Gasteiger partial charge < -0.3 is 25.0 Å². The lowest BCUT2D eigenvalue weighted by molar-refractivity contribution is -0.0498. The van der Waals surface area contributed by atoms with E-state index in [9.17, 15) is 18.4 Å². The first-order valence-corrected chi connectivity index (χ1v) is 9.84. The van der Waals surface area contributed by atoms with Gasteiger partial charge in [-0.05, 0) is 55.4 Å². The zero-order valence-electron chi connectivity index (χ0n) is 17.0. The van der Waals surface area contributed by atoms with Gasteiger partial charge in [-0.15, -0.1) is 11.3 Å². The maximum atomic E-state index is 12.4. The molecule has 7 nitrogen and oxygen atoms in total. The normalized spacial score (nSPS) is 10.5. The Kier molecular flexibility index (Phi) is 7.68. The standard InChI is InChI=1S/C19H21F2N3O4S2/c1-9-8-11(28-18(20)21)6-7-12(9)22-19(29)23-15-13(17(26)27-5)10(2)14(30-15)16(25)24(3)4/h6-8,18H,1-5H3,(H2,22,23,29). The molecule has 0 saturated heterocycles. The van der Waals surface area contributed by atoms with Crippen LogP contribution in [-0.4, -0.2) is 49.7 Å². The summed E-state index contributed by atoms with van der Waals surface area (Å²) < 4.78 is 33.9. The number of ether oxygens (including phenoxy) is 2. The molecule has 162 valence electrons. The van der Waals surface area contributed by atoms with Crippen LogP contribution in [0.4, 0.5) is 19.5 Å². The van der Waals surface area contributed by atoms with Crippen LogP contribution in [-0.2, 0) is 4.74 Å². The number of carbonyl (C=O) groups excluding carboxylic acids is 2. The third-order valence-corrected chi connectivity index (χ3v) is 5.43. The van der Waals surface area contributed by atoms with Gasteiger partial charge in [0, 0.05) is 19.8 Å². The summed E-state index contributed by atoms with van der Waals surface area (Å²) in [6.45, 7) is 0.447. The highest BCUT2D eigenvalue weighted by atomic mass is 32.1. The number of halogens is 2. The molecular weight excluding hydrogens is 436 g/mol. The van der Waals surface area contributed by atoms with Gasteiger partial charge in [-0.1, -0.05) is 0 Å². The number of benzene rings is 1. The van der Waals surface area contributed by atoms with Gasteiger partial charge in [0.15, 0.2) is 5.11 Å². The maximum absolute atomic E-state index is 12.4. The molecule has 0 saturated carbocycles. The predicted octanol–water partition coefficient (Wildman–Crippen LogP) is 4.26. The van der Waals surface area contributed by atoms with Crippen LogP contribution in [0.15, 0.2) is 18.2 Å². The summed E-state index contributed by atoms with van der Waals surface area (Å²) in [7, 11) is 4.48. The Morgan fingerprint density at radius 1 is 1.20 bits per heavy atom. The molecule has 1 heterocycles. The molecule has 0 aliphatic carbocycles. The highest BCUT2D eigenvalue weighted by Crippen LogP contribution is 2.34. The molecule has 0 radical (unpaired) electrons. The lowest BCUT2D eigenvalue weighted by Crippen LogP contribution is -2.21. The summed E-state index contributed by atoms with van der Waals surface area (Å²) in [5.74, 6) is -0.822. The Hall–Kier alpha value is -2.79. The van der Waals surface area contributed by atoms with Crippen LogP contribution in [0.5, 0.6) is 5.75 Å². The summed E-state index contributed by atoms with van der Waals surface area (Å²) in [4.78, 5) is 26.5. The van der Waals surface area contributed by atoms with Gasteiger partial charge in [-0.2, -0.15) is 8.78 Å². The van der Waals surface area contributed by atoms with E-state index in [4.69, 9.17) is 17.0 Å². The van der Waals surface area contributed by atoms with Gasteiger partial charge in [-0.3, -0.25) is 4.79 Å². The second kappa shape index (κ2) is 9.81. The van der Waals surface area contributed by atoms with E-state index in [1.54, 1.807) is 34.0 Å². The molecule has 0 fully saturated rings. The van der Waals surface area contributed by atoms with E-state index in [2.05, 4.69) is 15.4 Å². The average Bonchev–Trinajstić information content (AvgIpc) is 2.97. The number of thiophene rings is 1. The molecule has 0 unspecified atom stereocenters. The van der Waals surface area contributed by atoms with Crippen molar-refractivity contribution >= 4 is 51.2 Å². The number of anilines is 2. The number of alkyl halides is 2. The molecule has 1 aromatic heterocycles. The van der Waals surface area contributed by atoms with E-state index in [0.717, 1.165) is 11.3 Å².